The molecule has 0 bridgehead atoms. The van der Waals surface area contributed by atoms with Gasteiger partial charge < -0.3 is 38.5 Å². The lowest BCUT2D eigenvalue weighted by atomic mass is 10.2. The van der Waals surface area contributed by atoms with Crippen LogP contribution in [0, 0.1) is 5.41 Å². The third-order valence-electron chi connectivity index (χ3n) is 7.68. The second-order valence-corrected chi connectivity index (χ2v) is 21.8. The molecule has 0 spiro atoms. The SMILES string of the molecule is CC(C)(C)OC(=O)N=C(NCCCCCN(C(=O)OC(C)(C)C)C(=NC(=O)OC(C)(C)C)N(CCCCOc1ccc(C(=N)NC(=O)OC(C)(C)C)cc1)C(=O)OC(C)(C)C)NC(=O)OC(C)(C)C. The topological polar surface area (TPSA) is 258 Å². The molecule has 69 heavy (non-hydrogen) atoms. The van der Waals surface area contributed by atoms with Gasteiger partial charge in [0.25, 0.3) is 0 Å². The summed E-state index contributed by atoms with van der Waals surface area (Å²) in [6.07, 6.45) is -3.57. The number of carbonyl (C=O) groups excluding carboxylic acids is 6. The van der Waals surface area contributed by atoms with Crippen LogP contribution in [-0.4, -0.2) is 124 Å². The molecule has 1 rings (SSSR count). The molecule has 0 atom stereocenters. The van der Waals surface area contributed by atoms with Gasteiger partial charge in [-0.25, -0.2) is 38.6 Å². The monoisotopic (exact) mass is 977 g/mol. The molecule has 0 aliphatic rings. The number of nitrogens with zero attached hydrogens (tertiary/aromatic N) is 4. The molecule has 0 fully saturated rings. The highest BCUT2D eigenvalue weighted by molar-refractivity contribution is 6.05. The second kappa shape index (κ2) is 26.0. The van der Waals surface area contributed by atoms with Gasteiger partial charge in [0.15, 0.2) is 0 Å². The molecule has 0 unspecified atom stereocenters. The van der Waals surface area contributed by atoms with Crippen LogP contribution in [0.4, 0.5) is 28.8 Å². The summed E-state index contributed by atoms with van der Waals surface area (Å²) in [5, 5.41) is 16.0. The first kappa shape index (κ1) is 60.9. The van der Waals surface area contributed by atoms with E-state index in [2.05, 4.69) is 25.9 Å². The van der Waals surface area contributed by atoms with Crippen LogP contribution in [0.1, 0.15) is 162 Å². The Morgan fingerprint density at radius 1 is 0.507 bits per heavy atom. The summed E-state index contributed by atoms with van der Waals surface area (Å²) < 4.78 is 38.9. The van der Waals surface area contributed by atoms with E-state index in [1.54, 1.807) is 149 Å². The van der Waals surface area contributed by atoms with Crippen LogP contribution in [0.15, 0.2) is 34.3 Å². The quantitative estimate of drug-likeness (QED) is 0.0621. The molecule has 0 aliphatic carbocycles. The third kappa shape index (κ3) is 29.4. The number of amides is 6. The van der Waals surface area contributed by atoms with E-state index in [0.717, 1.165) is 9.80 Å². The Hall–Kier alpha value is -6.15. The van der Waals surface area contributed by atoms with E-state index < -0.39 is 70.2 Å². The zero-order valence-electron chi connectivity index (χ0n) is 44.3. The summed E-state index contributed by atoms with van der Waals surface area (Å²) in [6.45, 7) is 30.5. The average Bonchev–Trinajstić information content (AvgIpc) is 3.10. The van der Waals surface area contributed by atoms with Crippen molar-refractivity contribution >= 4 is 54.3 Å². The van der Waals surface area contributed by atoms with Gasteiger partial charge >= 0.3 is 36.6 Å². The average molecular weight is 977 g/mol. The van der Waals surface area contributed by atoms with E-state index in [1.165, 1.54) is 0 Å². The van der Waals surface area contributed by atoms with Crippen LogP contribution in [0.5, 0.6) is 5.75 Å². The number of guanidine groups is 2. The summed E-state index contributed by atoms with van der Waals surface area (Å²) in [5.41, 5.74) is -4.94. The fourth-order valence-corrected chi connectivity index (χ4v) is 5.24. The van der Waals surface area contributed by atoms with Crippen molar-refractivity contribution in [3.8, 4) is 5.75 Å². The normalized spacial score (nSPS) is 12.7. The van der Waals surface area contributed by atoms with Crippen molar-refractivity contribution in [2.75, 3.05) is 26.2 Å². The van der Waals surface area contributed by atoms with E-state index in [-0.39, 0.29) is 56.8 Å². The zero-order valence-corrected chi connectivity index (χ0v) is 44.3. The van der Waals surface area contributed by atoms with Crippen molar-refractivity contribution in [1.82, 2.24) is 25.8 Å². The molecule has 1 aromatic carbocycles. The number of carbonyl (C=O) groups is 6. The maximum Gasteiger partial charge on any atom is 0.437 e. The highest BCUT2D eigenvalue weighted by atomic mass is 16.6. The molecule has 0 saturated heterocycles. The Morgan fingerprint density at radius 2 is 0.913 bits per heavy atom. The van der Waals surface area contributed by atoms with Gasteiger partial charge in [-0.1, -0.05) is 0 Å². The zero-order chi connectivity index (χ0) is 53.2. The van der Waals surface area contributed by atoms with Crippen molar-refractivity contribution < 1.29 is 61.9 Å². The Morgan fingerprint density at radius 3 is 1.35 bits per heavy atom. The van der Waals surface area contributed by atoms with Gasteiger partial charge in [0.05, 0.1) is 6.61 Å². The Kier molecular flexibility index (Phi) is 22.9. The van der Waals surface area contributed by atoms with Crippen molar-refractivity contribution in [1.29, 1.82) is 5.41 Å². The highest BCUT2D eigenvalue weighted by Crippen LogP contribution is 2.20. The van der Waals surface area contributed by atoms with Gasteiger partial charge in [-0.15, -0.1) is 9.98 Å². The van der Waals surface area contributed by atoms with Gasteiger partial charge in [-0.05, 0) is 181 Å². The highest BCUT2D eigenvalue weighted by Gasteiger charge is 2.35. The minimum Gasteiger partial charge on any atom is -0.494 e. The molecule has 1 aromatic rings. The number of hydrogen-bond donors (Lipinski definition) is 4. The van der Waals surface area contributed by atoms with Crippen LogP contribution in [0.2, 0.25) is 0 Å². The molecule has 6 amide bonds. The van der Waals surface area contributed by atoms with E-state index in [1.807, 2.05) is 0 Å². The first-order valence-electron chi connectivity index (χ1n) is 23.0. The Balaban J connectivity index is 3.42. The molecule has 0 radical (unpaired) electrons. The molecule has 21 heteroatoms. The summed E-state index contributed by atoms with van der Waals surface area (Å²) in [7, 11) is 0. The maximum atomic E-state index is 14.1. The summed E-state index contributed by atoms with van der Waals surface area (Å²) >= 11 is 0. The lowest BCUT2D eigenvalue weighted by Gasteiger charge is -2.34. The maximum absolute atomic E-state index is 14.1. The Labute approximate surface area is 408 Å². The predicted octanol–water partition coefficient (Wildman–Crippen LogP) is 10.0. The number of nitrogens with one attached hydrogen (secondary N) is 4. The largest absolute Gasteiger partial charge is 0.494 e. The van der Waals surface area contributed by atoms with Crippen molar-refractivity contribution in [2.24, 2.45) is 9.98 Å². The number of aliphatic imine (C=N–C) groups is 2. The van der Waals surface area contributed by atoms with E-state index >= 15 is 0 Å². The molecule has 0 aliphatic heterocycles. The third-order valence-corrected chi connectivity index (χ3v) is 7.68. The summed E-state index contributed by atoms with van der Waals surface area (Å²) in [4.78, 5) is 89.2. The lowest BCUT2D eigenvalue weighted by Crippen LogP contribution is -2.53. The fourth-order valence-electron chi connectivity index (χ4n) is 5.24. The van der Waals surface area contributed by atoms with Crippen molar-refractivity contribution in [3.63, 3.8) is 0 Å². The summed E-state index contributed by atoms with van der Waals surface area (Å²) in [6, 6.07) is 6.52. The number of unbranched alkanes of at least 4 members (excludes halogenated alkanes) is 3. The molecule has 21 nitrogen and oxygen atoms in total. The van der Waals surface area contributed by atoms with E-state index in [0.29, 0.717) is 30.6 Å². The van der Waals surface area contributed by atoms with Crippen LogP contribution < -0.4 is 20.7 Å². The standard InChI is InChI=1S/C48H80N8O13/c1-43(2,3)64-37(57)51-34(49)32-24-26-33(27-25-32)63-31-23-22-30-56(42(62)69-48(16,17)18)36(54-40(60)67-46(10,11)12)55(41(61)68-47(13,14)15)29-21-19-20-28-50-35(52-38(58)65-44(4,5)6)53-39(59)66-45(7,8)9/h24-27H,19-23,28-31H2,1-18H3,(H2,49,51,57)(H2,50,52,53,58,59). The number of benzene rings is 1. The minimum atomic E-state index is -1.07. The number of rotatable bonds is 13. The number of ether oxygens (including phenoxy) is 7. The van der Waals surface area contributed by atoms with E-state index in [9.17, 15) is 28.8 Å². The first-order chi connectivity index (χ1) is 31.3. The van der Waals surface area contributed by atoms with Crippen molar-refractivity contribution in [2.45, 2.75) is 190 Å². The lowest BCUT2D eigenvalue weighted by molar-refractivity contribution is 0.0268. The van der Waals surface area contributed by atoms with Crippen LogP contribution >= 0.6 is 0 Å². The van der Waals surface area contributed by atoms with Gasteiger partial charge in [-0.3, -0.25) is 16.0 Å². The van der Waals surface area contributed by atoms with Crippen LogP contribution in [-0.2, 0) is 28.4 Å². The van der Waals surface area contributed by atoms with Gasteiger partial charge in [0.1, 0.15) is 45.2 Å². The molecule has 390 valence electrons. The molecule has 0 heterocycles. The molecular weight excluding hydrogens is 897 g/mol. The molecule has 0 aromatic heterocycles. The van der Waals surface area contributed by atoms with Gasteiger partial charge in [0.2, 0.25) is 11.9 Å². The molecule has 4 N–H and O–H groups in total. The number of alkyl carbamates (subject to hydrolysis) is 2. The van der Waals surface area contributed by atoms with Crippen LogP contribution in [0.25, 0.3) is 0 Å². The number of amidine groups is 1. The Bertz CT molecular complexity index is 1960. The number of hydrogen-bond acceptors (Lipinski definition) is 14. The first-order valence-corrected chi connectivity index (χ1v) is 23.0. The fraction of sp³-hybridized carbons (Fsp3) is 0.688. The van der Waals surface area contributed by atoms with Gasteiger partial charge in [-0.2, -0.15) is 0 Å². The predicted molar refractivity (Wildman–Crippen MR) is 262 cm³/mol. The smallest absolute Gasteiger partial charge is 0.437 e. The summed E-state index contributed by atoms with van der Waals surface area (Å²) in [5.74, 6) is -0.233. The second-order valence-electron chi connectivity index (χ2n) is 21.8. The molecular formula is C48H80N8O13. The molecule has 0 saturated carbocycles. The van der Waals surface area contributed by atoms with Crippen LogP contribution in [0.3, 0.4) is 0 Å². The van der Waals surface area contributed by atoms with E-state index in [4.69, 9.17) is 38.6 Å². The van der Waals surface area contributed by atoms with Gasteiger partial charge in [0, 0.05) is 25.2 Å². The van der Waals surface area contributed by atoms with Crippen molar-refractivity contribution in [3.05, 3.63) is 29.8 Å². The minimum absolute atomic E-state index is 0.0834.